The lowest BCUT2D eigenvalue weighted by Crippen LogP contribution is -2.51. The molecule has 3 aromatic rings. The molecule has 1 aliphatic rings. The molecule has 3 aromatic carbocycles. The minimum Gasteiger partial charge on any atom is -0.350 e. The van der Waals surface area contributed by atoms with E-state index in [9.17, 15) is 19.2 Å². The third-order valence-corrected chi connectivity index (χ3v) is 8.97. The molecule has 0 radical (unpaired) electrons. The van der Waals surface area contributed by atoms with E-state index in [1.54, 1.807) is 0 Å². The summed E-state index contributed by atoms with van der Waals surface area (Å²) in [6, 6.07) is 30.1. The first-order valence-corrected chi connectivity index (χ1v) is 20.4. The van der Waals surface area contributed by atoms with Crippen molar-refractivity contribution >= 4 is 38.1 Å². The Morgan fingerprint density at radius 1 is 0.881 bits per heavy atom. The van der Waals surface area contributed by atoms with Crippen molar-refractivity contribution in [3.05, 3.63) is 132 Å². The standard InChI is InChI=1S/C26H39N3O2.C11H14N2O2.C7H8.C2H6.2CH2O/c1-5-12-24(20(2)3)28-26(31)23-15-11-17-27-29(25(23)16-9-10-18-30)21(4)19-22-13-7-6-8-14-22;1-9(10-5-3-2-4-6-10)13-11(15)7-12-8-14;1-7-5-3-2-4-6-7;3*1-2/h6-8,13-14,18,23-25,27H,2,4-5,9-12,15-17,19H2,1,3H3,(H,28,31);2-6,8-9H,7H2,1H3,(H,12,14)(H,13,15);2-6H,1H3;1-2H3;2*1H2. The number of nitrogens with zero attached hydrogens (tertiary/aromatic N) is 1. The van der Waals surface area contributed by atoms with E-state index >= 15 is 0 Å². The molecule has 59 heavy (non-hydrogen) atoms. The maximum absolute atomic E-state index is 13.4. The fourth-order valence-corrected chi connectivity index (χ4v) is 6.12. The normalized spacial score (nSPS) is 14.6. The van der Waals surface area contributed by atoms with Crippen LogP contribution in [0.1, 0.15) is 102 Å². The molecule has 11 nitrogen and oxygen atoms in total. The molecule has 0 saturated carbocycles. The number of carbonyl (C=O) groups is 6. The number of aldehydes is 1. The number of carbonyl (C=O) groups excluding carboxylic acids is 6. The van der Waals surface area contributed by atoms with Crippen LogP contribution in [-0.4, -0.2) is 68.3 Å². The highest BCUT2D eigenvalue weighted by Gasteiger charge is 2.35. The van der Waals surface area contributed by atoms with Crippen LogP contribution in [0.5, 0.6) is 0 Å². The predicted molar refractivity (Wildman–Crippen MR) is 241 cm³/mol. The molecule has 0 spiro atoms. The van der Waals surface area contributed by atoms with Gasteiger partial charge in [0.25, 0.3) is 0 Å². The number of benzene rings is 3. The predicted octanol–water partition coefficient (Wildman–Crippen LogP) is 7.82. The SMILES string of the molecule is C=C(C)C(CCC)NC(=O)C1CCCNN(C(=C)Cc2ccccc2)C1CCCC=O.C=O.C=O.CC.CC(NC(=O)CNC=O)c1ccccc1.Cc1ccccc1. The zero-order chi connectivity index (χ0) is 44.8. The van der Waals surface area contributed by atoms with Crippen LogP contribution < -0.4 is 21.4 Å². The maximum Gasteiger partial charge on any atom is 0.239 e. The molecule has 0 aromatic heterocycles. The Morgan fingerprint density at radius 2 is 1.44 bits per heavy atom. The molecular formula is C48H71N5O6. The van der Waals surface area contributed by atoms with Crippen molar-refractivity contribution in [2.75, 3.05) is 13.1 Å². The minimum atomic E-state index is -0.196. The summed E-state index contributed by atoms with van der Waals surface area (Å²) in [7, 11) is 0. The fourth-order valence-electron chi connectivity index (χ4n) is 6.12. The lowest BCUT2D eigenvalue weighted by Gasteiger charge is -2.38. The minimum absolute atomic E-state index is 0.00491. The van der Waals surface area contributed by atoms with Crippen molar-refractivity contribution in [2.45, 2.75) is 111 Å². The Hall–Kier alpha value is -5.68. The van der Waals surface area contributed by atoms with Gasteiger partial charge in [-0.2, -0.15) is 0 Å². The summed E-state index contributed by atoms with van der Waals surface area (Å²) in [5.41, 5.74) is 9.01. The lowest BCUT2D eigenvalue weighted by molar-refractivity contribution is -0.128. The molecule has 11 heteroatoms. The summed E-state index contributed by atoms with van der Waals surface area (Å²) < 4.78 is 0. The molecule has 1 heterocycles. The first-order chi connectivity index (χ1) is 28.6. The van der Waals surface area contributed by atoms with E-state index in [1.165, 1.54) is 11.1 Å². The molecule has 0 bridgehead atoms. The van der Waals surface area contributed by atoms with Crippen LogP contribution in [0.2, 0.25) is 0 Å². The smallest absolute Gasteiger partial charge is 0.239 e. The van der Waals surface area contributed by atoms with Gasteiger partial charge in [0.05, 0.1) is 24.5 Å². The Morgan fingerprint density at radius 3 is 1.93 bits per heavy atom. The number of allylic oxidation sites excluding steroid dienone is 1. The van der Waals surface area contributed by atoms with Crippen LogP contribution in [0.25, 0.3) is 0 Å². The number of hydrazine groups is 1. The number of rotatable bonds is 17. The molecule has 0 aliphatic carbocycles. The molecule has 1 saturated heterocycles. The highest BCUT2D eigenvalue weighted by Crippen LogP contribution is 2.28. The third-order valence-electron chi connectivity index (χ3n) is 8.97. The zero-order valence-corrected chi connectivity index (χ0v) is 36.4. The average Bonchev–Trinajstić information content (AvgIpc) is 3.49. The second-order valence-corrected chi connectivity index (χ2v) is 13.5. The van der Waals surface area contributed by atoms with Gasteiger partial charge in [-0.25, -0.2) is 5.43 Å². The van der Waals surface area contributed by atoms with Crippen molar-refractivity contribution in [1.82, 2.24) is 26.4 Å². The molecule has 4 atom stereocenters. The van der Waals surface area contributed by atoms with Gasteiger partial charge in [-0.05, 0) is 64.0 Å². The Kier molecular flexibility index (Phi) is 34.4. The van der Waals surface area contributed by atoms with Gasteiger partial charge in [0.15, 0.2) is 0 Å². The van der Waals surface area contributed by atoms with E-state index in [0.29, 0.717) is 12.8 Å². The van der Waals surface area contributed by atoms with E-state index in [-0.39, 0.29) is 42.4 Å². The first-order valence-electron chi connectivity index (χ1n) is 20.4. The van der Waals surface area contributed by atoms with Gasteiger partial charge < -0.3 is 35.3 Å². The summed E-state index contributed by atoms with van der Waals surface area (Å²) >= 11 is 0. The van der Waals surface area contributed by atoms with E-state index in [1.807, 2.05) is 108 Å². The van der Waals surface area contributed by atoms with Gasteiger partial charge in [-0.1, -0.05) is 142 Å². The van der Waals surface area contributed by atoms with Crippen molar-refractivity contribution in [2.24, 2.45) is 5.92 Å². The highest BCUT2D eigenvalue weighted by molar-refractivity contribution is 5.80. The van der Waals surface area contributed by atoms with Crippen LogP contribution in [0.3, 0.4) is 0 Å². The molecule has 4 N–H and O–H groups in total. The molecule has 4 rings (SSSR count). The topological polar surface area (TPSA) is 154 Å². The summed E-state index contributed by atoms with van der Waals surface area (Å²) in [5, 5.41) is 10.5. The van der Waals surface area contributed by atoms with E-state index in [2.05, 4.69) is 77.7 Å². The molecule has 1 fully saturated rings. The van der Waals surface area contributed by atoms with Gasteiger partial charge in [-0.3, -0.25) is 14.4 Å². The Labute approximate surface area is 354 Å². The van der Waals surface area contributed by atoms with Crippen LogP contribution in [-0.2, 0) is 35.2 Å². The van der Waals surface area contributed by atoms with Gasteiger partial charge in [0, 0.05) is 31.1 Å². The van der Waals surface area contributed by atoms with Gasteiger partial charge >= 0.3 is 0 Å². The summed E-state index contributed by atoms with van der Waals surface area (Å²) in [4.78, 5) is 61.6. The number of unbranched alkanes of at least 4 members (excludes halogenated alkanes) is 1. The van der Waals surface area contributed by atoms with Crippen molar-refractivity contribution in [3.8, 4) is 0 Å². The quantitative estimate of drug-likeness (QED) is 0.0612. The number of nitrogens with one attached hydrogen (secondary N) is 4. The van der Waals surface area contributed by atoms with Crippen molar-refractivity contribution in [1.29, 1.82) is 0 Å². The van der Waals surface area contributed by atoms with Gasteiger partial charge in [0.1, 0.15) is 19.9 Å². The molecule has 3 amide bonds. The monoisotopic (exact) mass is 814 g/mol. The van der Waals surface area contributed by atoms with Crippen molar-refractivity contribution < 1.29 is 28.8 Å². The Balaban J connectivity index is 0. The zero-order valence-electron chi connectivity index (χ0n) is 36.4. The second kappa shape index (κ2) is 36.6. The second-order valence-electron chi connectivity index (χ2n) is 13.5. The van der Waals surface area contributed by atoms with Crippen LogP contribution in [0, 0.1) is 12.8 Å². The average molecular weight is 814 g/mol. The molecule has 4 unspecified atom stereocenters. The van der Waals surface area contributed by atoms with Crippen LogP contribution in [0.4, 0.5) is 0 Å². The Bertz CT molecular complexity index is 1560. The fraction of sp³-hybridized carbons (Fsp3) is 0.417. The van der Waals surface area contributed by atoms with Crippen LogP contribution in [0.15, 0.2) is 115 Å². The van der Waals surface area contributed by atoms with E-state index in [0.717, 1.165) is 74.6 Å². The van der Waals surface area contributed by atoms with Gasteiger partial charge in [0.2, 0.25) is 18.2 Å². The van der Waals surface area contributed by atoms with E-state index < -0.39 is 0 Å². The summed E-state index contributed by atoms with van der Waals surface area (Å²) in [5.74, 6) is -0.273. The number of hydrogen-bond acceptors (Lipinski definition) is 8. The third kappa shape index (κ3) is 24.6. The highest BCUT2D eigenvalue weighted by atomic mass is 16.2. The summed E-state index contributed by atoms with van der Waals surface area (Å²) in [6.07, 6.45) is 7.84. The largest absolute Gasteiger partial charge is 0.350 e. The maximum atomic E-state index is 13.4. The first kappa shape index (κ1) is 55.4. The van der Waals surface area contributed by atoms with Crippen LogP contribution >= 0.6 is 0 Å². The number of hydrogen-bond donors (Lipinski definition) is 4. The molecule has 324 valence electrons. The summed E-state index contributed by atoms with van der Waals surface area (Å²) in [6.45, 7) is 25.3. The number of amides is 3. The van der Waals surface area contributed by atoms with E-state index in [4.69, 9.17) is 9.59 Å². The molecular weight excluding hydrogens is 743 g/mol. The van der Waals surface area contributed by atoms with Crippen molar-refractivity contribution in [3.63, 3.8) is 0 Å². The molecule has 1 aliphatic heterocycles. The number of aryl methyl sites for hydroxylation is 1. The lowest BCUT2D eigenvalue weighted by atomic mass is 9.89. The van der Waals surface area contributed by atoms with Gasteiger partial charge in [-0.15, -0.1) is 0 Å².